The van der Waals surface area contributed by atoms with Gasteiger partial charge in [-0.05, 0) is 24.3 Å². The first-order valence-electron chi connectivity index (χ1n) is 6.36. The lowest BCUT2D eigenvalue weighted by atomic mass is 10.2. The van der Waals surface area contributed by atoms with Crippen LogP contribution < -0.4 is 10.6 Å². The van der Waals surface area contributed by atoms with Gasteiger partial charge in [0.15, 0.2) is 11.0 Å². The molecule has 0 bridgehead atoms. The van der Waals surface area contributed by atoms with Crippen LogP contribution >= 0.6 is 11.3 Å². The van der Waals surface area contributed by atoms with Gasteiger partial charge in [-0.2, -0.15) is 0 Å². The molecule has 0 saturated heterocycles. The van der Waals surface area contributed by atoms with E-state index in [1.807, 2.05) is 48.3 Å². The van der Waals surface area contributed by atoms with E-state index >= 15 is 0 Å². The first kappa shape index (κ1) is 13.4. The van der Waals surface area contributed by atoms with Crippen LogP contribution in [0.1, 0.15) is 5.56 Å². The molecule has 0 radical (unpaired) electrons. The topological polar surface area (TPSA) is 74.7 Å². The van der Waals surface area contributed by atoms with Gasteiger partial charge in [0.05, 0.1) is 10.2 Å². The highest BCUT2D eigenvalue weighted by molar-refractivity contribution is 7.22. The molecule has 1 aromatic heterocycles. The Hall–Kier alpha value is -2.60. The Morgan fingerprint density at radius 3 is 2.81 bits per heavy atom. The molecule has 0 atom stereocenters. The molecule has 3 N–H and O–H groups in total. The van der Waals surface area contributed by atoms with Crippen molar-refractivity contribution in [3.8, 4) is 0 Å². The molecule has 0 amide bonds. The summed E-state index contributed by atoms with van der Waals surface area (Å²) >= 11 is 1.62. The zero-order valence-electron chi connectivity index (χ0n) is 11.4. The van der Waals surface area contributed by atoms with Crippen molar-refractivity contribution in [3.63, 3.8) is 0 Å². The van der Waals surface area contributed by atoms with Crippen LogP contribution in [0.25, 0.3) is 10.2 Å². The Bertz CT molecular complexity index is 779. The van der Waals surface area contributed by atoms with E-state index in [4.69, 9.17) is 10.9 Å². The summed E-state index contributed by atoms with van der Waals surface area (Å²) in [7, 11) is 1.95. The third-order valence-corrected chi connectivity index (χ3v) is 4.32. The van der Waals surface area contributed by atoms with Crippen LogP contribution in [0.2, 0.25) is 0 Å². The summed E-state index contributed by atoms with van der Waals surface area (Å²) in [6.45, 7) is 0. The van der Waals surface area contributed by atoms with E-state index in [0.717, 1.165) is 21.0 Å². The van der Waals surface area contributed by atoms with E-state index in [0.29, 0.717) is 5.56 Å². The number of fused-ring (bicyclic) bond motifs is 1. The van der Waals surface area contributed by atoms with Crippen molar-refractivity contribution in [3.05, 3.63) is 54.1 Å². The fourth-order valence-corrected chi connectivity index (χ4v) is 2.99. The highest BCUT2D eigenvalue weighted by atomic mass is 32.1. The molecule has 0 aliphatic rings. The minimum absolute atomic E-state index is 0.0922. The largest absolute Gasteiger partial charge is 0.409 e. The molecule has 21 heavy (non-hydrogen) atoms. The molecular weight excluding hydrogens is 284 g/mol. The summed E-state index contributed by atoms with van der Waals surface area (Å²) in [5, 5.41) is 12.7. The lowest BCUT2D eigenvalue weighted by molar-refractivity contribution is 0.318. The zero-order chi connectivity index (χ0) is 14.8. The van der Waals surface area contributed by atoms with Crippen molar-refractivity contribution >= 4 is 38.2 Å². The van der Waals surface area contributed by atoms with Gasteiger partial charge in [-0.25, -0.2) is 4.98 Å². The van der Waals surface area contributed by atoms with Crippen molar-refractivity contribution in [2.75, 3.05) is 11.9 Å². The maximum atomic E-state index is 8.77. The Morgan fingerprint density at radius 2 is 2.05 bits per heavy atom. The fourth-order valence-electron chi connectivity index (χ4n) is 2.05. The Morgan fingerprint density at radius 1 is 1.24 bits per heavy atom. The van der Waals surface area contributed by atoms with Gasteiger partial charge >= 0.3 is 0 Å². The number of amidine groups is 1. The Balaban J connectivity index is 1.99. The van der Waals surface area contributed by atoms with Crippen LogP contribution in [0.15, 0.2) is 53.7 Å². The van der Waals surface area contributed by atoms with Crippen molar-refractivity contribution < 1.29 is 5.21 Å². The number of anilines is 2. The molecule has 1 heterocycles. The molecule has 6 heteroatoms. The second kappa shape index (κ2) is 5.41. The standard InChI is InChI=1S/C15H14N4OS/c1-19(11-6-4-5-10(9-11)14(16)18-20)15-17-12-7-2-3-8-13(12)21-15/h2-9,20H,1H3,(H2,16,18). The van der Waals surface area contributed by atoms with Crippen LogP contribution in [-0.4, -0.2) is 23.1 Å². The molecule has 0 saturated carbocycles. The highest BCUT2D eigenvalue weighted by Crippen LogP contribution is 2.32. The normalized spacial score (nSPS) is 11.8. The quantitative estimate of drug-likeness (QED) is 0.337. The van der Waals surface area contributed by atoms with E-state index in [-0.39, 0.29) is 5.84 Å². The van der Waals surface area contributed by atoms with Gasteiger partial charge in [-0.3, -0.25) is 0 Å². The predicted octanol–water partition coefficient (Wildman–Crippen LogP) is 3.16. The number of aromatic nitrogens is 1. The molecule has 0 spiro atoms. The van der Waals surface area contributed by atoms with Crippen LogP contribution in [0, 0.1) is 0 Å². The number of nitrogens with two attached hydrogens (primary N) is 1. The van der Waals surface area contributed by atoms with Crippen LogP contribution in [0.5, 0.6) is 0 Å². The second-order valence-corrected chi connectivity index (χ2v) is 5.57. The number of nitrogens with zero attached hydrogens (tertiary/aromatic N) is 3. The molecule has 5 nitrogen and oxygen atoms in total. The van der Waals surface area contributed by atoms with Crippen LogP contribution in [-0.2, 0) is 0 Å². The van der Waals surface area contributed by atoms with Crippen molar-refractivity contribution in [2.45, 2.75) is 0 Å². The SMILES string of the molecule is CN(c1cccc(C(N)=NO)c1)c1nc2ccccc2s1. The first-order valence-corrected chi connectivity index (χ1v) is 7.18. The smallest absolute Gasteiger partial charge is 0.190 e. The summed E-state index contributed by atoms with van der Waals surface area (Å²) in [4.78, 5) is 6.60. The van der Waals surface area contributed by atoms with Gasteiger partial charge < -0.3 is 15.8 Å². The van der Waals surface area contributed by atoms with E-state index in [9.17, 15) is 0 Å². The summed E-state index contributed by atoms with van der Waals surface area (Å²) in [5.74, 6) is 0.0922. The highest BCUT2D eigenvalue weighted by Gasteiger charge is 2.11. The molecule has 106 valence electrons. The molecule has 0 aliphatic carbocycles. The molecule has 0 aliphatic heterocycles. The average molecular weight is 298 g/mol. The Kier molecular flexibility index (Phi) is 3.45. The molecular formula is C15H14N4OS. The first-order chi connectivity index (χ1) is 10.2. The minimum atomic E-state index is 0.0922. The van der Waals surface area contributed by atoms with Gasteiger partial charge in [0.2, 0.25) is 0 Å². The van der Waals surface area contributed by atoms with E-state index in [2.05, 4.69) is 16.2 Å². The molecule has 0 fully saturated rings. The number of rotatable bonds is 3. The van der Waals surface area contributed by atoms with Gasteiger partial charge in [0, 0.05) is 18.3 Å². The lowest BCUT2D eigenvalue weighted by Crippen LogP contribution is -2.15. The third kappa shape index (κ3) is 2.53. The zero-order valence-corrected chi connectivity index (χ0v) is 12.2. The lowest BCUT2D eigenvalue weighted by Gasteiger charge is -2.16. The molecule has 3 rings (SSSR count). The monoisotopic (exact) mass is 298 g/mol. The van der Waals surface area contributed by atoms with Gasteiger partial charge in [-0.1, -0.05) is 40.8 Å². The van der Waals surface area contributed by atoms with Gasteiger partial charge in [0.1, 0.15) is 0 Å². The van der Waals surface area contributed by atoms with Crippen molar-refractivity contribution in [2.24, 2.45) is 10.9 Å². The summed E-state index contributed by atoms with van der Waals surface area (Å²) in [6.07, 6.45) is 0. The number of hydrogen-bond donors (Lipinski definition) is 2. The predicted molar refractivity (Wildman–Crippen MR) is 86.6 cm³/mol. The molecule has 0 unspecified atom stereocenters. The Labute approximate surface area is 126 Å². The van der Waals surface area contributed by atoms with Crippen LogP contribution in [0.3, 0.4) is 0 Å². The van der Waals surface area contributed by atoms with Crippen LogP contribution in [0.4, 0.5) is 10.8 Å². The third-order valence-electron chi connectivity index (χ3n) is 3.21. The van der Waals surface area contributed by atoms with E-state index in [1.54, 1.807) is 17.4 Å². The maximum Gasteiger partial charge on any atom is 0.190 e. The number of oxime groups is 1. The molecule has 3 aromatic rings. The average Bonchev–Trinajstić information content (AvgIpc) is 2.97. The van der Waals surface area contributed by atoms with Crippen molar-refractivity contribution in [1.82, 2.24) is 4.98 Å². The van der Waals surface area contributed by atoms with Gasteiger partial charge in [-0.15, -0.1) is 0 Å². The number of para-hydroxylation sites is 1. The van der Waals surface area contributed by atoms with E-state index in [1.165, 1.54) is 0 Å². The summed E-state index contributed by atoms with van der Waals surface area (Å²) in [5.41, 5.74) is 8.21. The number of hydrogen-bond acceptors (Lipinski definition) is 5. The minimum Gasteiger partial charge on any atom is -0.409 e. The van der Waals surface area contributed by atoms with E-state index < -0.39 is 0 Å². The van der Waals surface area contributed by atoms with Gasteiger partial charge in [0.25, 0.3) is 0 Å². The molecule has 2 aromatic carbocycles. The second-order valence-electron chi connectivity index (χ2n) is 4.56. The maximum absolute atomic E-state index is 8.77. The summed E-state index contributed by atoms with van der Waals surface area (Å²) in [6, 6.07) is 15.5. The number of thiazole rings is 1. The fraction of sp³-hybridized carbons (Fsp3) is 0.0667. The number of benzene rings is 2. The summed E-state index contributed by atoms with van der Waals surface area (Å²) < 4.78 is 1.15. The van der Waals surface area contributed by atoms with Crippen molar-refractivity contribution in [1.29, 1.82) is 0 Å².